The van der Waals surface area contributed by atoms with Crippen LogP contribution in [0.15, 0.2) is 23.3 Å². The molecule has 2 amide bonds. The number of fused-ring (bicyclic) bond motifs is 1. The molecule has 0 aromatic carbocycles. The van der Waals surface area contributed by atoms with Gasteiger partial charge in [-0.05, 0) is 84.6 Å². The van der Waals surface area contributed by atoms with E-state index in [0.717, 1.165) is 25.7 Å². The minimum absolute atomic E-state index is 0.0745. The molecule has 1 aliphatic heterocycles. The summed E-state index contributed by atoms with van der Waals surface area (Å²) in [5.74, 6) is -0.553. The highest BCUT2D eigenvalue weighted by Crippen LogP contribution is 2.38. The Morgan fingerprint density at radius 2 is 1.67 bits per heavy atom. The van der Waals surface area contributed by atoms with Crippen LogP contribution in [-0.2, 0) is 35.0 Å². The van der Waals surface area contributed by atoms with Gasteiger partial charge in [0.2, 0.25) is 0 Å². The van der Waals surface area contributed by atoms with Crippen LogP contribution in [0.25, 0.3) is 10.9 Å². The SMILES string of the molecule is COC(=O)C1CC(Oc2[nH]c3ccncc3c(=O)c2CCCCC[C@@H]2C[C@H]2OC(=O)N[C@H](C(=O)OC(C)(C)C)C(C)(C)C)CN1C(=O)OC(C)(C)C. The second kappa shape index (κ2) is 16.1. The molecule has 52 heavy (non-hydrogen) atoms. The van der Waals surface area contributed by atoms with E-state index in [2.05, 4.69) is 15.3 Å². The first-order valence-corrected chi connectivity index (χ1v) is 18.1. The zero-order valence-electron chi connectivity index (χ0n) is 32.3. The number of alkyl carbamates (subject to hydrolysis) is 1. The minimum Gasteiger partial charge on any atom is -0.473 e. The van der Waals surface area contributed by atoms with Crippen molar-refractivity contribution in [1.82, 2.24) is 20.2 Å². The van der Waals surface area contributed by atoms with Crippen molar-refractivity contribution in [3.63, 3.8) is 0 Å². The van der Waals surface area contributed by atoms with Gasteiger partial charge in [-0.25, -0.2) is 19.2 Å². The molecule has 1 saturated carbocycles. The number of nitrogens with zero attached hydrogens (tertiary/aromatic N) is 2. The summed E-state index contributed by atoms with van der Waals surface area (Å²) in [6.45, 7) is 16.2. The van der Waals surface area contributed by atoms with E-state index in [9.17, 15) is 24.0 Å². The normalized spacial score (nSPS) is 20.9. The van der Waals surface area contributed by atoms with Crippen molar-refractivity contribution < 1.29 is 42.9 Å². The standard InChI is InChI=1S/C38H56N4O10/c1-36(2,3)30(33(45)51-37(4,5)6)41-34(46)50-28-18-22(28)14-12-11-13-15-24-29(43)25-20-39-17-16-26(25)40-31(24)49-23-19-27(32(44)48-10)42(21-23)35(47)52-38(7,8)9/h16-17,20,22-23,27-28,30H,11-15,18-19,21H2,1-10H3,(H,40,43)(H,41,46)/t22-,23?,27?,28-,30-/m1/s1. The predicted octanol–water partition coefficient (Wildman–Crippen LogP) is 5.83. The molecule has 1 aliphatic carbocycles. The fourth-order valence-electron chi connectivity index (χ4n) is 6.24. The van der Waals surface area contributed by atoms with Crippen molar-refractivity contribution in [2.75, 3.05) is 13.7 Å². The Kier molecular flexibility index (Phi) is 12.5. The van der Waals surface area contributed by atoms with Gasteiger partial charge in [-0.1, -0.05) is 33.6 Å². The molecule has 2 fully saturated rings. The molecular formula is C38H56N4O10. The fraction of sp³-hybridized carbons (Fsp3) is 0.684. The molecule has 14 nitrogen and oxygen atoms in total. The third kappa shape index (κ3) is 11.1. The van der Waals surface area contributed by atoms with Crippen LogP contribution in [0.3, 0.4) is 0 Å². The van der Waals surface area contributed by atoms with Crippen LogP contribution in [-0.4, -0.2) is 88.1 Å². The fourth-order valence-corrected chi connectivity index (χ4v) is 6.24. The number of H-pyrrole nitrogens is 1. The number of rotatable bonds is 12. The Bertz CT molecular complexity index is 1670. The van der Waals surface area contributed by atoms with Gasteiger partial charge in [0.15, 0.2) is 11.3 Å². The van der Waals surface area contributed by atoms with Crippen LogP contribution in [0.5, 0.6) is 5.88 Å². The Hall–Kier alpha value is -4.36. The van der Waals surface area contributed by atoms with Crippen LogP contribution in [0.4, 0.5) is 9.59 Å². The van der Waals surface area contributed by atoms with Crippen LogP contribution in [0, 0.1) is 11.3 Å². The lowest BCUT2D eigenvalue weighted by Gasteiger charge is -2.32. The molecule has 0 spiro atoms. The van der Waals surface area contributed by atoms with Crippen molar-refractivity contribution in [3.05, 3.63) is 34.2 Å². The topological polar surface area (TPSA) is 175 Å². The number of methoxy groups -OCH3 is 1. The van der Waals surface area contributed by atoms with E-state index in [0.29, 0.717) is 35.2 Å². The lowest BCUT2D eigenvalue weighted by Crippen LogP contribution is -2.51. The van der Waals surface area contributed by atoms with Crippen molar-refractivity contribution in [2.24, 2.45) is 11.3 Å². The molecule has 4 rings (SSSR count). The maximum absolute atomic E-state index is 13.7. The number of carbonyl (C=O) groups excluding carboxylic acids is 4. The van der Waals surface area contributed by atoms with Gasteiger partial charge in [0.25, 0.3) is 0 Å². The van der Waals surface area contributed by atoms with E-state index in [4.69, 9.17) is 23.7 Å². The maximum atomic E-state index is 13.7. The van der Waals surface area contributed by atoms with Gasteiger partial charge < -0.3 is 34.0 Å². The molecule has 2 N–H and O–H groups in total. The third-order valence-electron chi connectivity index (χ3n) is 8.90. The first kappa shape index (κ1) is 40.4. The van der Waals surface area contributed by atoms with Gasteiger partial charge in [-0.2, -0.15) is 0 Å². The molecule has 288 valence electrons. The summed E-state index contributed by atoms with van der Waals surface area (Å²) in [6, 6.07) is -0.0522. The summed E-state index contributed by atoms with van der Waals surface area (Å²) < 4.78 is 28.0. The monoisotopic (exact) mass is 728 g/mol. The van der Waals surface area contributed by atoms with Gasteiger partial charge in [0.1, 0.15) is 35.5 Å². The number of likely N-dealkylation sites (tertiary alicyclic amines) is 1. The molecule has 2 aromatic rings. The number of aromatic amines is 1. The van der Waals surface area contributed by atoms with Crippen LogP contribution < -0.4 is 15.5 Å². The average molecular weight is 729 g/mol. The van der Waals surface area contributed by atoms with E-state index in [1.165, 1.54) is 18.2 Å². The Balaban J connectivity index is 1.33. The number of esters is 2. The first-order chi connectivity index (χ1) is 24.2. The Labute approximate surface area is 305 Å². The second-order valence-electron chi connectivity index (χ2n) is 16.8. The number of hydrogen-bond donors (Lipinski definition) is 2. The summed E-state index contributed by atoms with van der Waals surface area (Å²) in [6.07, 6.45) is 5.61. The van der Waals surface area contributed by atoms with E-state index in [1.807, 2.05) is 20.8 Å². The number of ether oxygens (including phenoxy) is 5. The van der Waals surface area contributed by atoms with Crippen molar-refractivity contribution in [1.29, 1.82) is 0 Å². The van der Waals surface area contributed by atoms with E-state index < -0.39 is 58.9 Å². The van der Waals surface area contributed by atoms with Gasteiger partial charge in [0, 0.05) is 18.8 Å². The molecule has 3 heterocycles. The van der Waals surface area contributed by atoms with Crippen LogP contribution in [0.2, 0.25) is 0 Å². The van der Waals surface area contributed by atoms with Gasteiger partial charge >= 0.3 is 24.1 Å². The number of carbonyl (C=O) groups is 4. The largest absolute Gasteiger partial charge is 0.473 e. The molecule has 2 aliphatic rings. The van der Waals surface area contributed by atoms with E-state index in [-0.39, 0.29) is 30.4 Å². The molecule has 0 bridgehead atoms. The summed E-state index contributed by atoms with van der Waals surface area (Å²) >= 11 is 0. The molecule has 2 unspecified atom stereocenters. The smallest absolute Gasteiger partial charge is 0.411 e. The minimum atomic E-state index is -0.893. The highest BCUT2D eigenvalue weighted by molar-refractivity contribution is 5.83. The summed E-state index contributed by atoms with van der Waals surface area (Å²) in [5, 5.41) is 3.15. The number of amides is 2. The molecule has 5 atom stereocenters. The molecule has 0 radical (unpaired) electrons. The van der Waals surface area contributed by atoms with Crippen molar-refractivity contribution in [2.45, 2.75) is 143 Å². The Morgan fingerprint density at radius 1 is 0.981 bits per heavy atom. The maximum Gasteiger partial charge on any atom is 0.411 e. The van der Waals surface area contributed by atoms with Gasteiger partial charge in [-0.3, -0.25) is 14.7 Å². The predicted molar refractivity (Wildman–Crippen MR) is 193 cm³/mol. The number of unbranched alkanes of at least 4 members (excludes halogenated alkanes) is 2. The highest BCUT2D eigenvalue weighted by Gasteiger charge is 2.44. The average Bonchev–Trinajstić information content (AvgIpc) is 3.61. The van der Waals surface area contributed by atoms with Crippen LogP contribution in [0.1, 0.15) is 106 Å². The number of hydrogen-bond acceptors (Lipinski definition) is 11. The van der Waals surface area contributed by atoms with Crippen molar-refractivity contribution >= 4 is 35.0 Å². The summed E-state index contributed by atoms with van der Waals surface area (Å²) in [7, 11) is 1.27. The summed E-state index contributed by atoms with van der Waals surface area (Å²) in [4.78, 5) is 73.4. The van der Waals surface area contributed by atoms with Crippen molar-refractivity contribution in [3.8, 4) is 5.88 Å². The number of nitrogens with one attached hydrogen (secondary N) is 2. The lowest BCUT2D eigenvalue weighted by atomic mass is 9.86. The van der Waals surface area contributed by atoms with E-state index >= 15 is 0 Å². The van der Waals surface area contributed by atoms with E-state index in [1.54, 1.807) is 53.8 Å². The number of pyridine rings is 2. The molecule has 14 heteroatoms. The zero-order chi connectivity index (χ0) is 38.6. The molecule has 2 aromatic heterocycles. The second-order valence-corrected chi connectivity index (χ2v) is 16.8. The van der Waals surface area contributed by atoms with Gasteiger partial charge in [0.05, 0.1) is 30.1 Å². The highest BCUT2D eigenvalue weighted by atomic mass is 16.6. The zero-order valence-corrected chi connectivity index (χ0v) is 32.3. The van der Waals surface area contributed by atoms with Crippen LogP contribution >= 0.6 is 0 Å². The number of aromatic nitrogens is 2. The molecular weight excluding hydrogens is 672 g/mol. The first-order valence-electron chi connectivity index (χ1n) is 18.1. The molecule has 1 saturated heterocycles. The summed E-state index contributed by atoms with van der Waals surface area (Å²) in [5.41, 5.74) is -1.17. The third-order valence-corrected chi connectivity index (χ3v) is 8.90. The quantitative estimate of drug-likeness (QED) is 0.153. The Morgan fingerprint density at radius 3 is 2.31 bits per heavy atom. The van der Waals surface area contributed by atoms with Gasteiger partial charge in [-0.15, -0.1) is 0 Å². The lowest BCUT2D eigenvalue weighted by molar-refractivity contribution is -0.160.